The third kappa shape index (κ3) is 19.4. The number of phenols is 1. The van der Waals surface area contributed by atoms with Gasteiger partial charge in [-0.25, -0.2) is 0 Å². The molecule has 228 valence electrons. The van der Waals surface area contributed by atoms with Crippen LogP contribution in [-0.4, -0.2) is 76.8 Å². The molecule has 2 unspecified atom stereocenters. The van der Waals surface area contributed by atoms with Gasteiger partial charge in [0.15, 0.2) is 5.91 Å². The van der Waals surface area contributed by atoms with Crippen LogP contribution < -0.4 is 10.6 Å². The molecule has 40 heavy (non-hydrogen) atoms. The molecule has 1 aliphatic rings. The molecule has 1 aromatic rings. The molecule has 0 radical (unpaired) electrons. The Morgan fingerprint density at radius 1 is 1.18 bits per heavy atom. The number of aliphatic hydroxyl groups is 3. The van der Waals surface area contributed by atoms with E-state index in [9.17, 15) is 19.5 Å². The SMILES string of the molecule is CC(=O)OCc1ccc(O)c(NC(=O)C(C)(C)CCO)c1.OC1COCC(O)C1.[CH2-]CC(=O)NCCC(C)C.[U]. The third-order valence-corrected chi connectivity index (χ3v) is 5.54. The van der Waals surface area contributed by atoms with Crippen LogP contribution in [0.5, 0.6) is 5.75 Å². The van der Waals surface area contributed by atoms with Gasteiger partial charge in [-0.05, 0) is 36.5 Å². The Hall–Kier alpha value is -1.68. The largest absolute Gasteiger partial charge is 0.506 e. The van der Waals surface area contributed by atoms with Crippen molar-refractivity contribution in [3.63, 3.8) is 0 Å². The van der Waals surface area contributed by atoms with E-state index < -0.39 is 23.6 Å². The maximum absolute atomic E-state index is 12.1. The zero-order valence-corrected chi connectivity index (χ0v) is 28.5. The zero-order valence-electron chi connectivity index (χ0n) is 24.4. The molecule has 2 rings (SSSR count). The zero-order chi connectivity index (χ0) is 30.0. The second-order valence-corrected chi connectivity index (χ2v) is 10.3. The first-order valence-electron chi connectivity index (χ1n) is 13.1. The van der Waals surface area contributed by atoms with Crippen LogP contribution in [0.4, 0.5) is 5.69 Å². The summed E-state index contributed by atoms with van der Waals surface area (Å²) in [4.78, 5) is 33.5. The number of carbonyl (C=O) groups is 3. The van der Waals surface area contributed by atoms with Gasteiger partial charge >= 0.3 is 5.97 Å². The average molecular weight is 794 g/mol. The number of aromatic hydroxyl groups is 1. The molecular formula is C28H47N2O9U-. The van der Waals surface area contributed by atoms with Crippen molar-refractivity contribution < 1.29 is 75.4 Å². The molecule has 12 heteroatoms. The fourth-order valence-corrected chi connectivity index (χ4v) is 3.02. The molecule has 1 heterocycles. The standard InChI is InChI=1S/C15H21NO5.C8H16NO.C5H10O3.U/c1-10(18)21-9-11-4-5-13(19)12(8-11)16-14(20)15(2,3)6-7-17;1-4-8(10)9-6-5-7(2)3;6-4-1-5(7)3-8-2-4;/h4-5,8,17,19H,6-7,9H2,1-3H3,(H,16,20);7H,1,4-6H2,2-3H3,(H,9,10);4-7H,1-3H2;/q;-1;;. The topological polar surface area (TPSA) is 175 Å². The van der Waals surface area contributed by atoms with Crippen LogP contribution in [0.25, 0.3) is 0 Å². The second-order valence-electron chi connectivity index (χ2n) is 10.3. The molecule has 1 fully saturated rings. The predicted molar refractivity (Wildman–Crippen MR) is 148 cm³/mol. The number of anilines is 1. The molecule has 0 saturated carbocycles. The van der Waals surface area contributed by atoms with Crippen LogP contribution >= 0.6 is 0 Å². The van der Waals surface area contributed by atoms with Crippen molar-refractivity contribution in [3.05, 3.63) is 30.7 Å². The first kappa shape index (κ1) is 40.5. The van der Waals surface area contributed by atoms with Gasteiger partial charge in [-0.1, -0.05) is 33.8 Å². The van der Waals surface area contributed by atoms with Gasteiger partial charge in [-0.2, -0.15) is 0 Å². The summed E-state index contributed by atoms with van der Waals surface area (Å²) >= 11 is 0. The van der Waals surface area contributed by atoms with Crippen LogP contribution in [0, 0.1) is 49.4 Å². The summed E-state index contributed by atoms with van der Waals surface area (Å²) < 4.78 is 9.66. The third-order valence-electron chi connectivity index (χ3n) is 5.54. The van der Waals surface area contributed by atoms with Crippen LogP contribution in [0.3, 0.4) is 0 Å². The maximum atomic E-state index is 12.1. The number of amides is 2. The summed E-state index contributed by atoms with van der Waals surface area (Å²) in [7, 11) is 0. The van der Waals surface area contributed by atoms with Crippen LogP contribution in [0.2, 0.25) is 0 Å². The van der Waals surface area contributed by atoms with Crippen molar-refractivity contribution in [1.82, 2.24) is 5.32 Å². The van der Waals surface area contributed by atoms with Gasteiger partial charge in [0.2, 0.25) is 5.91 Å². The number of benzene rings is 1. The Morgan fingerprint density at radius 3 is 2.23 bits per heavy atom. The molecular weight excluding hydrogens is 746 g/mol. The summed E-state index contributed by atoms with van der Waals surface area (Å²) in [5.41, 5.74) is 0.140. The summed E-state index contributed by atoms with van der Waals surface area (Å²) in [6, 6.07) is 4.57. The second kappa shape index (κ2) is 22.0. The number of carbonyl (C=O) groups excluding carboxylic acids is 3. The number of phenolic OH excluding ortho intramolecular Hbond substituents is 1. The summed E-state index contributed by atoms with van der Waals surface area (Å²) in [6.45, 7) is 14.0. The number of aliphatic hydroxyl groups excluding tert-OH is 3. The van der Waals surface area contributed by atoms with E-state index in [0.29, 0.717) is 44.0 Å². The van der Waals surface area contributed by atoms with Crippen molar-refractivity contribution in [3.8, 4) is 5.75 Å². The number of hydrogen-bond donors (Lipinski definition) is 6. The van der Waals surface area contributed by atoms with Crippen molar-refractivity contribution in [2.75, 3.05) is 31.7 Å². The maximum Gasteiger partial charge on any atom is 0.302 e. The summed E-state index contributed by atoms with van der Waals surface area (Å²) in [5, 5.41) is 41.7. The predicted octanol–water partition coefficient (Wildman–Crippen LogP) is 2.30. The van der Waals surface area contributed by atoms with E-state index in [1.54, 1.807) is 26.0 Å². The van der Waals surface area contributed by atoms with Gasteiger partial charge < -0.3 is 47.5 Å². The number of ether oxygens (including phenoxy) is 2. The van der Waals surface area contributed by atoms with Gasteiger partial charge in [0, 0.05) is 63.0 Å². The Labute approximate surface area is 261 Å². The molecule has 1 aliphatic heterocycles. The molecule has 0 spiro atoms. The van der Waals surface area contributed by atoms with Crippen LogP contribution in [-0.2, 0) is 30.5 Å². The molecule has 0 bridgehead atoms. The number of esters is 1. The minimum atomic E-state index is -0.757. The Bertz CT molecular complexity index is 873. The van der Waals surface area contributed by atoms with Crippen LogP contribution in [0.1, 0.15) is 65.9 Å². The van der Waals surface area contributed by atoms with Gasteiger partial charge in [0.05, 0.1) is 31.1 Å². The van der Waals surface area contributed by atoms with Crippen molar-refractivity contribution in [1.29, 1.82) is 0 Å². The summed E-state index contributed by atoms with van der Waals surface area (Å²) in [6.07, 6.45) is 1.24. The fourth-order valence-electron chi connectivity index (χ4n) is 3.02. The Balaban J connectivity index is 0. The van der Waals surface area contributed by atoms with E-state index >= 15 is 0 Å². The van der Waals surface area contributed by atoms with E-state index in [4.69, 9.17) is 24.8 Å². The first-order valence-corrected chi connectivity index (χ1v) is 13.1. The average Bonchev–Trinajstić information content (AvgIpc) is 2.84. The van der Waals surface area contributed by atoms with E-state index in [1.807, 2.05) is 0 Å². The molecule has 6 N–H and O–H groups in total. The van der Waals surface area contributed by atoms with Gasteiger partial charge in [0.1, 0.15) is 12.4 Å². The van der Waals surface area contributed by atoms with Gasteiger partial charge in [0.25, 0.3) is 0 Å². The molecule has 0 aliphatic carbocycles. The van der Waals surface area contributed by atoms with Gasteiger partial charge in [-0.15, -0.1) is 6.42 Å². The quantitative estimate of drug-likeness (QED) is 0.118. The normalized spacial score (nSPS) is 16.2. The molecule has 1 aromatic carbocycles. The minimum Gasteiger partial charge on any atom is -0.506 e. The Morgan fingerprint density at radius 2 is 1.77 bits per heavy atom. The molecule has 0 aromatic heterocycles. The van der Waals surface area contributed by atoms with Crippen molar-refractivity contribution in [2.24, 2.45) is 11.3 Å². The van der Waals surface area contributed by atoms with Crippen molar-refractivity contribution in [2.45, 2.75) is 79.1 Å². The number of nitrogens with one attached hydrogen (secondary N) is 2. The molecule has 2 amide bonds. The molecule has 11 nitrogen and oxygen atoms in total. The van der Waals surface area contributed by atoms with E-state index in [1.165, 1.54) is 13.0 Å². The smallest absolute Gasteiger partial charge is 0.302 e. The van der Waals surface area contributed by atoms with Crippen LogP contribution in [0.15, 0.2) is 18.2 Å². The number of rotatable bonds is 10. The van der Waals surface area contributed by atoms with E-state index in [-0.39, 0.29) is 67.6 Å². The van der Waals surface area contributed by atoms with E-state index in [2.05, 4.69) is 31.4 Å². The first-order chi connectivity index (χ1) is 18.2. The minimum absolute atomic E-state index is 0. The number of hydrogen-bond acceptors (Lipinski definition) is 9. The van der Waals surface area contributed by atoms with Gasteiger partial charge in [-0.3, -0.25) is 14.4 Å². The fraction of sp³-hybridized carbons (Fsp3) is 0.643. The van der Waals surface area contributed by atoms with Crippen molar-refractivity contribution >= 4 is 23.5 Å². The summed E-state index contributed by atoms with van der Waals surface area (Å²) in [5.74, 6) is -0.0882. The Kier molecular flexibility index (Phi) is 22.2. The molecule has 2 atom stereocenters. The van der Waals surface area contributed by atoms with E-state index in [0.717, 1.165) is 13.0 Å². The monoisotopic (exact) mass is 793 g/mol. The molecule has 1 saturated heterocycles.